The minimum atomic E-state index is -0.307. The Kier molecular flexibility index (Phi) is 16.4. The number of fused-ring (bicyclic) bond motifs is 1. The fourth-order valence-electron chi connectivity index (χ4n) is 4.52. The van der Waals surface area contributed by atoms with Crippen LogP contribution in [0.5, 0.6) is 0 Å². The van der Waals surface area contributed by atoms with Crippen LogP contribution in [-0.2, 0) is 9.53 Å². The van der Waals surface area contributed by atoms with E-state index in [9.17, 15) is 14.7 Å². The number of nitrogens with one attached hydrogen (secondary N) is 3. The zero-order valence-electron chi connectivity index (χ0n) is 22.9. The van der Waals surface area contributed by atoms with Crippen LogP contribution >= 0.6 is 0 Å². The molecule has 9 heteroatoms. The van der Waals surface area contributed by atoms with Crippen LogP contribution in [0.15, 0.2) is 11.1 Å². The van der Waals surface area contributed by atoms with E-state index in [0.29, 0.717) is 36.5 Å². The van der Waals surface area contributed by atoms with Gasteiger partial charge in [0.15, 0.2) is 11.2 Å². The number of anilines is 1. The van der Waals surface area contributed by atoms with Crippen LogP contribution in [0.2, 0.25) is 0 Å². The predicted molar refractivity (Wildman–Crippen MR) is 149 cm³/mol. The summed E-state index contributed by atoms with van der Waals surface area (Å²) >= 11 is 0. The van der Waals surface area contributed by atoms with Gasteiger partial charge < -0.3 is 20.1 Å². The summed E-state index contributed by atoms with van der Waals surface area (Å²) in [6.45, 7) is 2.89. The average Bonchev–Trinajstić information content (AvgIpc) is 3.37. The van der Waals surface area contributed by atoms with Crippen molar-refractivity contribution < 1.29 is 14.6 Å². The van der Waals surface area contributed by atoms with Crippen molar-refractivity contribution in [3.05, 3.63) is 16.7 Å². The molecule has 1 atom stereocenters. The second-order valence-electron chi connectivity index (χ2n) is 10.2. The van der Waals surface area contributed by atoms with E-state index in [1.807, 2.05) is 0 Å². The Bertz CT molecular complexity index is 913. The number of ether oxygens (including phenoxy) is 1. The Morgan fingerprint density at radius 3 is 2.16 bits per heavy atom. The van der Waals surface area contributed by atoms with Gasteiger partial charge in [-0.1, -0.05) is 96.8 Å². The number of carbonyl (C=O) groups is 1. The standard InChI is InChI=1S/C28H49N5O4/c1-2-3-4-5-6-7-8-9-10-11-12-13-14-15-16-17-24(35)37-21-23(18-19-34)20-29-28-32-26-25(27(36)33-28)30-22-31-26/h22-23,34H,2-21H2,1H3,(H3,29,30,31,32,33,36)/t23-/m1/s1. The summed E-state index contributed by atoms with van der Waals surface area (Å²) in [5, 5.41) is 12.4. The number of hydrogen-bond acceptors (Lipinski definition) is 7. The molecular weight excluding hydrogens is 470 g/mol. The molecule has 0 aromatic carbocycles. The number of hydrogen-bond donors (Lipinski definition) is 4. The molecule has 0 amide bonds. The van der Waals surface area contributed by atoms with Gasteiger partial charge in [-0.05, 0) is 12.8 Å². The average molecular weight is 520 g/mol. The van der Waals surface area contributed by atoms with Gasteiger partial charge in [-0.2, -0.15) is 4.98 Å². The van der Waals surface area contributed by atoms with Gasteiger partial charge in [0.05, 0.1) is 12.9 Å². The van der Waals surface area contributed by atoms with Crippen molar-refractivity contribution in [2.24, 2.45) is 5.92 Å². The molecule has 0 saturated heterocycles. The molecule has 0 spiro atoms. The summed E-state index contributed by atoms with van der Waals surface area (Å²) in [7, 11) is 0. The van der Waals surface area contributed by atoms with E-state index in [1.54, 1.807) is 0 Å². The Balaban J connectivity index is 1.46. The summed E-state index contributed by atoms with van der Waals surface area (Å²) in [5.41, 5.74) is 0.351. The fourth-order valence-corrected chi connectivity index (χ4v) is 4.52. The predicted octanol–water partition coefficient (Wildman–Crippen LogP) is 5.86. The van der Waals surface area contributed by atoms with Crippen LogP contribution in [0, 0.1) is 5.92 Å². The highest BCUT2D eigenvalue weighted by molar-refractivity contribution is 5.70. The molecule has 210 valence electrons. The van der Waals surface area contributed by atoms with Crippen LogP contribution < -0.4 is 10.9 Å². The van der Waals surface area contributed by atoms with Gasteiger partial charge in [0.1, 0.15) is 0 Å². The van der Waals surface area contributed by atoms with Crippen molar-refractivity contribution in [2.45, 2.75) is 116 Å². The first-order chi connectivity index (χ1) is 18.1. The molecule has 2 rings (SSSR count). The Hall–Kier alpha value is -2.42. The summed E-state index contributed by atoms with van der Waals surface area (Å²) in [6, 6.07) is 0. The first kappa shape index (κ1) is 30.8. The molecule has 2 aromatic heterocycles. The zero-order chi connectivity index (χ0) is 26.6. The van der Waals surface area contributed by atoms with Crippen LogP contribution in [-0.4, -0.2) is 50.8 Å². The number of imidazole rings is 1. The molecule has 2 heterocycles. The first-order valence-electron chi connectivity index (χ1n) is 14.6. The topological polar surface area (TPSA) is 133 Å². The van der Waals surface area contributed by atoms with Crippen molar-refractivity contribution in [3.63, 3.8) is 0 Å². The summed E-state index contributed by atoms with van der Waals surface area (Å²) in [4.78, 5) is 37.8. The van der Waals surface area contributed by atoms with Gasteiger partial charge in [0.25, 0.3) is 5.56 Å². The molecule has 0 aliphatic heterocycles. The lowest BCUT2D eigenvalue weighted by Crippen LogP contribution is -2.24. The summed E-state index contributed by atoms with van der Waals surface area (Å²) in [5.74, 6) is 0.0222. The molecule has 0 bridgehead atoms. The summed E-state index contributed by atoms with van der Waals surface area (Å²) in [6.07, 6.45) is 21.7. The zero-order valence-corrected chi connectivity index (χ0v) is 22.9. The largest absolute Gasteiger partial charge is 0.465 e. The van der Waals surface area contributed by atoms with Gasteiger partial charge in [0.2, 0.25) is 5.95 Å². The number of unbranched alkanes of at least 4 members (excludes halogenated alkanes) is 14. The molecule has 0 unspecified atom stereocenters. The number of H-pyrrole nitrogens is 2. The smallest absolute Gasteiger partial charge is 0.305 e. The molecule has 0 saturated carbocycles. The van der Waals surface area contributed by atoms with Crippen molar-refractivity contribution in [2.75, 3.05) is 25.1 Å². The van der Waals surface area contributed by atoms with Gasteiger partial charge in [0, 0.05) is 25.5 Å². The van der Waals surface area contributed by atoms with E-state index in [-0.39, 0.29) is 30.7 Å². The number of nitrogens with zero attached hydrogens (tertiary/aromatic N) is 2. The van der Waals surface area contributed by atoms with Gasteiger partial charge in [-0.15, -0.1) is 0 Å². The molecule has 2 aromatic rings. The van der Waals surface area contributed by atoms with E-state index in [1.165, 1.54) is 89.8 Å². The summed E-state index contributed by atoms with van der Waals surface area (Å²) < 4.78 is 5.45. The van der Waals surface area contributed by atoms with E-state index in [4.69, 9.17) is 4.74 Å². The molecule has 0 radical (unpaired) electrons. The maximum atomic E-state index is 12.1. The monoisotopic (exact) mass is 519 g/mol. The number of aromatic amines is 2. The molecule has 9 nitrogen and oxygen atoms in total. The van der Waals surface area contributed by atoms with Crippen molar-refractivity contribution in [1.82, 2.24) is 19.9 Å². The van der Waals surface area contributed by atoms with Crippen LogP contribution in [0.25, 0.3) is 11.2 Å². The molecule has 0 fully saturated rings. The normalized spacial score (nSPS) is 12.2. The third kappa shape index (κ3) is 13.6. The minimum absolute atomic E-state index is 0.00864. The molecular formula is C28H49N5O4. The minimum Gasteiger partial charge on any atom is -0.465 e. The van der Waals surface area contributed by atoms with E-state index in [0.717, 1.165) is 12.8 Å². The maximum absolute atomic E-state index is 12.1. The number of rotatable bonds is 23. The lowest BCUT2D eigenvalue weighted by atomic mass is 10.0. The van der Waals surface area contributed by atoms with Crippen molar-refractivity contribution in [3.8, 4) is 0 Å². The van der Waals surface area contributed by atoms with E-state index >= 15 is 0 Å². The highest BCUT2D eigenvalue weighted by atomic mass is 16.5. The Morgan fingerprint density at radius 2 is 1.57 bits per heavy atom. The lowest BCUT2D eigenvalue weighted by Gasteiger charge is -2.17. The van der Waals surface area contributed by atoms with Gasteiger partial charge in [-0.3, -0.25) is 14.6 Å². The number of esters is 1. The number of aromatic nitrogens is 4. The Morgan fingerprint density at radius 1 is 0.973 bits per heavy atom. The SMILES string of the molecule is CCCCCCCCCCCCCCCCCC(=O)OC[C@H](CCO)CNc1nc2nc[nH]c2c(=O)[nH]1. The third-order valence-corrected chi connectivity index (χ3v) is 6.86. The quantitative estimate of drug-likeness (QED) is 0.107. The van der Waals surface area contributed by atoms with Crippen LogP contribution in [0.1, 0.15) is 116 Å². The molecule has 4 N–H and O–H groups in total. The van der Waals surface area contributed by atoms with Crippen molar-refractivity contribution in [1.29, 1.82) is 0 Å². The molecule has 0 aliphatic carbocycles. The van der Waals surface area contributed by atoms with Gasteiger partial charge >= 0.3 is 5.97 Å². The number of carbonyl (C=O) groups excluding carboxylic acids is 1. The van der Waals surface area contributed by atoms with E-state index < -0.39 is 0 Å². The second-order valence-corrected chi connectivity index (χ2v) is 10.2. The number of aliphatic hydroxyl groups excluding tert-OH is 1. The highest BCUT2D eigenvalue weighted by Crippen LogP contribution is 2.14. The van der Waals surface area contributed by atoms with Gasteiger partial charge in [-0.25, -0.2) is 4.98 Å². The molecule has 0 aliphatic rings. The second kappa shape index (κ2) is 19.7. The van der Waals surface area contributed by atoms with Crippen molar-refractivity contribution >= 4 is 23.1 Å². The molecule has 37 heavy (non-hydrogen) atoms. The highest BCUT2D eigenvalue weighted by Gasteiger charge is 2.13. The lowest BCUT2D eigenvalue weighted by molar-refractivity contribution is -0.145. The number of aliphatic hydroxyl groups is 1. The maximum Gasteiger partial charge on any atom is 0.305 e. The first-order valence-corrected chi connectivity index (χ1v) is 14.6. The van der Waals surface area contributed by atoms with Crippen LogP contribution in [0.4, 0.5) is 5.95 Å². The fraction of sp³-hybridized carbons (Fsp3) is 0.786. The van der Waals surface area contributed by atoms with E-state index in [2.05, 4.69) is 32.2 Å². The van der Waals surface area contributed by atoms with Crippen LogP contribution in [0.3, 0.4) is 0 Å². The third-order valence-electron chi connectivity index (χ3n) is 6.86. The Labute approximate surface area is 221 Å².